The number of nitrogens with one attached hydrogen (secondary N) is 1. The average molecular weight is 630 g/mol. The van der Waals surface area contributed by atoms with Crippen molar-refractivity contribution >= 4 is 29.4 Å². The molecule has 3 saturated carbocycles. The van der Waals surface area contributed by atoms with E-state index in [0.717, 1.165) is 31.4 Å². The number of Topliss-reactive ketones (excluding diaryl/α,β-unsaturated/α-hetero) is 1. The summed E-state index contributed by atoms with van der Waals surface area (Å²) in [5.74, 6) is 0.147. The smallest absolute Gasteiger partial charge is 0.316 e. The molecule has 0 aliphatic heterocycles. The van der Waals surface area contributed by atoms with Gasteiger partial charge in [-0.25, -0.2) is 0 Å². The first-order valence-corrected chi connectivity index (χ1v) is 17.4. The van der Waals surface area contributed by atoms with Gasteiger partial charge in [-0.05, 0) is 75.2 Å². The van der Waals surface area contributed by atoms with Gasteiger partial charge in [0.1, 0.15) is 17.6 Å². The number of nitrogens with zero attached hydrogens (tertiary/aromatic N) is 2. The monoisotopic (exact) mass is 629 g/mol. The lowest BCUT2D eigenvalue weighted by Crippen LogP contribution is -2.63. The molecule has 0 aromatic carbocycles. The zero-order chi connectivity index (χ0) is 32.8. The van der Waals surface area contributed by atoms with Crippen LogP contribution in [0.5, 0.6) is 0 Å². The van der Waals surface area contributed by atoms with Gasteiger partial charge in [0.2, 0.25) is 0 Å². The number of hydrogen-bond donors (Lipinski definition) is 2. The third-order valence-corrected chi connectivity index (χ3v) is 12.9. The molecule has 246 valence electrons. The van der Waals surface area contributed by atoms with Crippen LogP contribution in [0.4, 0.5) is 0 Å². The third-order valence-electron chi connectivity index (χ3n) is 11.6. The van der Waals surface area contributed by atoms with Crippen molar-refractivity contribution in [2.24, 2.45) is 47.0 Å². The molecule has 2 N–H and O–H groups in total. The SMILES string of the molecule is C=C[C@]1(C)C[C@@H](OC(=O)CSC(C)(C)CNC(=O)c2cc(CC(C)C)nn2C)[C@]2(C)[C@H](C)CC[C@]3(CCC(=O)[C@@H]32)[C@@H](C)[C@@H]1O. The Bertz CT molecular complexity index is 1270. The molecule has 8 nitrogen and oxygen atoms in total. The molecule has 2 bridgehead atoms. The molecule has 0 radical (unpaired) electrons. The van der Waals surface area contributed by atoms with Crippen LogP contribution in [0.15, 0.2) is 18.7 Å². The highest BCUT2D eigenvalue weighted by Crippen LogP contribution is 2.68. The van der Waals surface area contributed by atoms with Gasteiger partial charge in [0, 0.05) is 41.5 Å². The van der Waals surface area contributed by atoms with E-state index in [9.17, 15) is 19.5 Å². The maximum Gasteiger partial charge on any atom is 0.316 e. The number of carbonyl (C=O) groups is 3. The summed E-state index contributed by atoms with van der Waals surface area (Å²) in [5.41, 5.74) is -0.0918. The van der Waals surface area contributed by atoms with Crippen molar-refractivity contribution < 1.29 is 24.2 Å². The normalized spacial score (nSPS) is 35.5. The van der Waals surface area contributed by atoms with Gasteiger partial charge in [-0.15, -0.1) is 18.3 Å². The fourth-order valence-electron chi connectivity index (χ4n) is 8.64. The van der Waals surface area contributed by atoms with E-state index in [-0.39, 0.29) is 46.6 Å². The number of hydrogen-bond acceptors (Lipinski definition) is 7. The topological polar surface area (TPSA) is 111 Å². The van der Waals surface area contributed by atoms with Crippen LogP contribution in [0.25, 0.3) is 0 Å². The highest BCUT2D eigenvalue weighted by Gasteiger charge is 2.68. The molecular weight excluding hydrogens is 574 g/mol. The number of aryl methyl sites for hydroxylation is 1. The first-order valence-electron chi connectivity index (χ1n) is 16.4. The zero-order valence-corrected chi connectivity index (χ0v) is 29.2. The van der Waals surface area contributed by atoms with Crippen LogP contribution in [-0.4, -0.2) is 61.8 Å². The van der Waals surface area contributed by atoms with E-state index in [0.29, 0.717) is 31.0 Å². The van der Waals surface area contributed by atoms with Crippen LogP contribution >= 0.6 is 11.8 Å². The van der Waals surface area contributed by atoms with Crippen LogP contribution < -0.4 is 5.32 Å². The summed E-state index contributed by atoms with van der Waals surface area (Å²) < 4.78 is 7.57. The van der Waals surface area contributed by atoms with Crippen molar-refractivity contribution in [3.8, 4) is 0 Å². The number of ketones is 1. The van der Waals surface area contributed by atoms with Crippen LogP contribution in [0.1, 0.15) is 104 Å². The van der Waals surface area contributed by atoms with E-state index in [1.807, 2.05) is 32.9 Å². The minimum Gasteiger partial charge on any atom is -0.461 e. The molecule has 9 heteroatoms. The minimum atomic E-state index is -0.689. The second kappa shape index (κ2) is 12.6. The summed E-state index contributed by atoms with van der Waals surface area (Å²) in [6.45, 7) is 21.2. The van der Waals surface area contributed by atoms with Gasteiger partial charge in [0.15, 0.2) is 0 Å². The largest absolute Gasteiger partial charge is 0.461 e. The Morgan fingerprint density at radius 3 is 2.61 bits per heavy atom. The van der Waals surface area contributed by atoms with Crippen LogP contribution in [0.3, 0.4) is 0 Å². The van der Waals surface area contributed by atoms with Crippen molar-refractivity contribution in [3.05, 3.63) is 30.1 Å². The van der Waals surface area contributed by atoms with Gasteiger partial charge < -0.3 is 15.2 Å². The molecule has 3 aliphatic rings. The summed E-state index contributed by atoms with van der Waals surface area (Å²) in [6, 6.07) is 1.84. The van der Waals surface area contributed by atoms with Gasteiger partial charge in [-0.1, -0.05) is 47.6 Å². The standard InChI is InChI=1S/C35H55N3O5S/c1-11-33(8)18-27(34(9)22(4)12-14-35(23(5)30(33)41)15-13-26(39)29(34)35)43-28(40)19-44-32(6,7)20-36-31(42)25-17-24(16-21(2)3)37-38(25)10/h11,17,21-23,27,29-30,41H,1,12-16,18-20H2,2-10H3,(H,36,42)/t22-,23+,27-,29-,30+,33-,34+,35+/m1/s1. The van der Waals surface area contributed by atoms with E-state index in [4.69, 9.17) is 4.74 Å². The third kappa shape index (κ3) is 6.29. The number of esters is 1. The summed E-state index contributed by atoms with van der Waals surface area (Å²) in [4.78, 5) is 40.1. The molecule has 1 amide bonds. The number of rotatable bonds is 10. The lowest BCUT2D eigenvalue weighted by Gasteiger charge is -2.61. The van der Waals surface area contributed by atoms with Crippen LogP contribution in [-0.2, 0) is 27.8 Å². The average Bonchev–Trinajstić information content (AvgIpc) is 3.50. The molecule has 3 fully saturated rings. The highest BCUT2D eigenvalue weighted by atomic mass is 32.2. The number of aromatic nitrogens is 2. The fraction of sp³-hybridized carbons (Fsp3) is 0.771. The Hall–Kier alpha value is -2.13. The van der Waals surface area contributed by atoms with Crippen molar-refractivity contribution in [3.63, 3.8) is 0 Å². The van der Waals surface area contributed by atoms with Crippen LogP contribution in [0, 0.1) is 39.9 Å². The predicted molar refractivity (Wildman–Crippen MR) is 175 cm³/mol. The molecule has 0 saturated heterocycles. The van der Waals surface area contributed by atoms with Crippen molar-refractivity contribution in [2.75, 3.05) is 12.3 Å². The number of amides is 1. The second-order valence-electron chi connectivity index (χ2n) is 15.5. The molecule has 3 aliphatic carbocycles. The number of aliphatic hydroxyl groups is 1. The van der Waals surface area contributed by atoms with Gasteiger partial charge in [0.25, 0.3) is 5.91 Å². The molecule has 1 aromatic rings. The van der Waals surface area contributed by atoms with Gasteiger partial charge >= 0.3 is 5.97 Å². The molecule has 4 rings (SSSR count). The first kappa shape index (κ1) is 34.7. The molecule has 0 spiro atoms. The van der Waals surface area contributed by atoms with Crippen molar-refractivity contribution in [2.45, 2.75) is 111 Å². The molecule has 1 aromatic heterocycles. The Labute approximate surface area is 268 Å². The molecule has 8 atom stereocenters. The van der Waals surface area contributed by atoms with E-state index in [2.05, 4.69) is 51.6 Å². The summed E-state index contributed by atoms with van der Waals surface area (Å²) in [7, 11) is 1.78. The zero-order valence-electron chi connectivity index (χ0n) is 28.4. The summed E-state index contributed by atoms with van der Waals surface area (Å²) in [5, 5.41) is 19.2. The van der Waals surface area contributed by atoms with E-state index < -0.39 is 27.8 Å². The molecule has 0 unspecified atom stereocenters. The highest BCUT2D eigenvalue weighted by molar-refractivity contribution is 8.01. The Kier molecular flexibility index (Phi) is 9.93. The Morgan fingerprint density at radius 2 is 1.98 bits per heavy atom. The predicted octanol–water partition coefficient (Wildman–Crippen LogP) is 5.77. The van der Waals surface area contributed by atoms with Gasteiger partial charge in [0.05, 0.1) is 17.6 Å². The lowest BCUT2D eigenvalue weighted by molar-refractivity contribution is -0.205. The maximum atomic E-state index is 13.6. The van der Waals surface area contributed by atoms with E-state index in [1.165, 1.54) is 11.8 Å². The van der Waals surface area contributed by atoms with Gasteiger partial charge in [-0.2, -0.15) is 5.10 Å². The number of carbonyl (C=O) groups excluding carboxylic acids is 3. The van der Waals surface area contributed by atoms with Crippen molar-refractivity contribution in [1.82, 2.24) is 15.1 Å². The Balaban J connectivity index is 1.47. The second-order valence-corrected chi connectivity index (χ2v) is 17.2. The Morgan fingerprint density at radius 1 is 1.30 bits per heavy atom. The molecule has 1 heterocycles. The van der Waals surface area contributed by atoms with Crippen LogP contribution in [0.2, 0.25) is 0 Å². The van der Waals surface area contributed by atoms with E-state index in [1.54, 1.807) is 11.7 Å². The summed E-state index contributed by atoms with van der Waals surface area (Å²) in [6.07, 6.45) is 4.96. The molecular formula is C35H55N3O5S. The van der Waals surface area contributed by atoms with Gasteiger partial charge in [-0.3, -0.25) is 19.1 Å². The number of aliphatic hydroxyl groups excluding tert-OH is 1. The van der Waals surface area contributed by atoms with E-state index >= 15 is 0 Å². The lowest BCUT2D eigenvalue weighted by atomic mass is 9.44. The number of ether oxygens (including phenoxy) is 1. The minimum absolute atomic E-state index is 0.0647. The molecule has 44 heavy (non-hydrogen) atoms. The maximum absolute atomic E-state index is 13.6. The quantitative estimate of drug-likeness (QED) is 0.250. The fourth-order valence-corrected chi connectivity index (χ4v) is 9.39. The first-order chi connectivity index (χ1) is 20.4. The van der Waals surface area contributed by atoms with Crippen molar-refractivity contribution in [1.29, 1.82) is 0 Å². The number of thioether (sulfide) groups is 1. The summed E-state index contributed by atoms with van der Waals surface area (Å²) >= 11 is 1.44.